The fourth-order valence-electron chi connectivity index (χ4n) is 10.1. The molecule has 12 heterocycles. The van der Waals surface area contributed by atoms with Crippen molar-refractivity contribution in [1.29, 1.82) is 0 Å². The molecule has 0 aliphatic rings. The van der Waals surface area contributed by atoms with E-state index in [0.717, 1.165) is 131 Å². The van der Waals surface area contributed by atoms with Crippen LogP contribution in [-0.2, 0) is 54.6 Å². The third kappa shape index (κ3) is 33.1. The first-order valence-electron chi connectivity index (χ1n) is 29.7. The molecule has 6 aromatic carbocycles. The van der Waals surface area contributed by atoms with Crippen molar-refractivity contribution in [3.05, 3.63) is 293 Å². The average molecular weight is 1830 g/mol. The summed E-state index contributed by atoms with van der Waals surface area (Å²) in [6.07, 6.45) is 21.6. The summed E-state index contributed by atoms with van der Waals surface area (Å²) in [5.74, 6) is 0. The molecule has 0 atom stereocenters. The van der Waals surface area contributed by atoms with Crippen LogP contribution in [0.5, 0.6) is 0 Å². The predicted molar refractivity (Wildman–Crippen MR) is 368 cm³/mol. The fourth-order valence-corrected chi connectivity index (χ4v) is 10.1. The zero-order chi connectivity index (χ0) is 74.3. The standard InChI is InChI=1S/6C12H8N2.2Cd.4ClHO4.7H2O/c6*1-3-9-5-6-10-4-2-8-14-12(10)11(9)13-7-1;;;4*2-1(3,4)5;;;;;;;/h6*1-8H;;;4*(H,2,3,4,5);7*1H2/q;;;;;;2*+2;;;;;;;;;;;/p-4. The molecule has 113 heavy (non-hydrogen) atoms. The van der Waals surface area contributed by atoms with Gasteiger partial charge in [0.05, 0.1) is 66.2 Å². The van der Waals surface area contributed by atoms with Crippen LogP contribution in [0.25, 0.3) is 131 Å². The molecule has 0 amide bonds. The maximum atomic E-state index is 8.49. The minimum Gasteiger partial charge on any atom is -0.412 e. The Balaban J connectivity index is 0.00000125. The maximum Gasteiger partial charge on any atom is 2.00 e. The molecule has 18 rings (SSSR count). The van der Waals surface area contributed by atoms with Crippen molar-refractivity contribution in [1.82, 2.24) is 59.8 Å². The van der Waals surface area contributed by atoms with Crippen LogP contribution in [0.4, 0.5) is 0 Å². The molecule has 0 bridgehead atoms. The van der Waals surface area contributed by atoms with Crippen molar-refractivity contribution >= 4 is 131 Å². The molecule has 14 N–H and O–H groups in total. The zero-order valence-electron chi connectivity index (χ0n) is 58.0. The van der Waals surface area contributed by atoms with Crippen LogP contribution in [-0.4, -0.2) is 98.1 Å². The molecule has 0 saturated heterocycles. The third-order valence-corrected chi connectivity index (χ3v) is 14.1. The second-order valence-corrected chi connectivity index (χ2v) is 23.8. The van der Waals surface area contributed by atoms with E-state index >= 15 is 0 Å². The van der Waals surface area contributed by atoms with Gasteiger partial charge in [0.15, 0.2) is 0 Å². The third-order valence-electron chi connectivity index (χ3n) is 14.1. The topological polar surface area (TPSA) is 744 Å². The minimum atomic E-state index is -4.94. The summed E-state index contributed by atoms with van der Waals surface area (Å²) in [6.45, 7) is 0. The van der Waals surface area contributed by atoms with E-state index < -0.39 is 41.0 Å². The van der Waals surface area contributed by atoms with E-state index in [0.29, 0.717) is 0 Å². The molecule has 12 aromatic heterocycles. The zero-order valence-corrected chi connectivity index (χ0v) is 69.1. The van der Waals surface area contributed by atoms with Gasteiger partial charge in [0, 0.05) is 139 Å². The summed E-state index contributed by atoms with van der Waals surface area (Å²) in [4.78, 5) is 52.2. The smallest absolute Gasteiger partial charge is 0.412 e. The van der Waals surface area contributed by atoms with Crippen LogP contribution in [0.3, 0.4) is 0 Å². The number of aromatic nitrogens is 12. The Bertz CT molecular complexity index is 4630. The van der Waals surface area contributed by atoms with Crippen molar-refractivity contribution in [2.24, 2.45) is 0 Å². The first-order valence-corrected chi connectivity index (χ1v) is 34.6. The Kier molecular flexibility index (Phi) is 44.9. The fraction of sp³-hybridized carbons (Fsp3) is 0. The normalized spacial score (nSPS) is 10.2. The molecule has 0 fully saturated rings. The predicted octanol–water partition coefficient (Wildman–Crippen LogP) is -8.10. The van der Waals surface area contributed by atoms with Gasteiger partial charge < -0.3 is 38.3 Å². The van der Waals surface area contributed by atoms with Crippen LogP contribution >= 0.6 is 0 Å². The molecule has 0 spiro atoms. The van der Waals surface area contributed by atoms with Gasteiger partial charge in [-0.25, -0.2) is 74.5 Å². The Morgan fingerprint density at radius 3 is 0.257 bits per heavy atom. The van der Waals surface area contributed by atoms with Crippen molar-refractivity contribution in [3.8, 4) is 0 Å². The van der Waals surface area contributed by atoms with Crippen molar-refractivity contribution in [2.45, 2.75) is 0 Å². The van der Waals surface area contributed by atoms with Crippen LogP contribution in [0.1, 0.15) is 0 Å². The second-order valence-electron chi connectivity index (χ2n) is 20.8. The molecular formula is C72H62Cd2Cl4N12O23. The van der Waals surface area contributed by atoms with Gasteiger partial charge in [0.1, 0.15) is 0 Å². The number of fused-ring (bicyclic) bond motifs is 18. The maximum absolute atomic E-state index is 8.49. The van der Waals surface area contributed by atoms with Crippen LogP contribution in [0, 0.1) is 41.0 Å². The van der Waals surface area contributed by atoms with Gasteiger partial charge in [-0.05, 0) is 72.8 Å². The molecule has 0 unspecified atom stereocenters. The Hall–Kier alpha value is -9.68. The number of benzene rings is 6. The van der Waals surface area contributed by atoms with Gasteiger partial charge in [-0.2, -0.15) is 0 Å². The Morgan fingerprint density at radius 2 is 0.195 bits per heavy atom. The second kappa shape index (κ2) is 49.1. The SMILES string of the molecule is O.O.O.O.O.O.O.[Cd+2].[Cd+2].[O-][Cl+3]([O-])([O-])[O-].[O-][Cl+3]([O-])([O-])[O-].[O-][Cl+3]([O-])([O-])[O-].[O-][Cl+3]([O-])([O-])[O-].c1cnc2c(c1)ccc1cccnc12.c1cnc2c(c1)ccc1cccnc12.c1cnc2c(c1)ccc1cccnc12.c1cnc2c(c1)ccc1cccnc12.c1cnc2c(c1)ccc1cccnc12.c1cnc2c(c1)ccc1cccnc12. The molecule has 580 valence electrons. The molecule has 18 aromatic rings. The number of hydrogen-bond acceptors (Lipinski definition) is 28. The van der Waals surface area contributed by atoms with Crippen molar-refractivity contribution in [3.63, 3.8) is 0 Å². The number of pyridine rings is 12. The van der Waals surface area contributed by atoms with Gasteiger partial charge in [0.25, 0.3) is 0 Å². The van der Waals surface area contributed by atoms with E-state index in [2.05, 4.69) is 205 Å². The van der Waals surface area contributed by atoms with E-state index in [1.807, 2.05) is 72.8 Å². The van der Waals surface area contributed by atoms with E-state index in [-0.39, 0.29) is 92.9 Å². The van der Waals surface area contributed by atoms with Crippen molar-refractivity contribution in [2.75, 3.05) is 0 Å². The summed E-state index contributed by atoms with van der Waals surface area (Å²) >= 11 is 0. The van der Waals surface area contributed by atoms with E-state index in [9.17, 15) is 0 Å². The molecule has 0 radical (unpaired) electrons. The first kappa shape index (κ1) is 103. The quantitative estimate of drug-likeness (QED) is 0.100. The molecule has 41 heteroatoms. The summed E-state index contributed by atoms with van der Waals surface area (Å²) in [5.41, 5.74) is 11.7. The molecule has 35 nitrogen and oxygen atoms in total. The number of nitrogens with zero attached hydrogens (tertiary/aromatic N) is 12. The summed E-state index contributed by atoms with van der Waals surface area (Å²) < 4.78 is 136. The number of hydrogen-bond donors (Lipinski definition) is 0. The minimum absolute atomic E-state index is 0. The Morgan fingerprint density at radius 1 is 0.133 bits per heavy atom. The Labute approximate surface area is 686 Å². The summed E-state index contributed by atoms with van der Waals surface area (Å²) in [5, 5.41) is 13.7. The molecular weight excluding hydrogens is 1770 g/mol. The van der Waals surface area contributed by atoms with Crippen LogP contribution in [0.15, 0.2) is 293 Å². The van der Waals surface area contributed by atoms with Gasteiger partial charge in [0.2, 0.25) is 0 Å². The van der Waals surface area contributed by atoms with Crippen LogP contribution in [0.2, 0.25) is 0 Å². The number of halogens is 4. The molecule has 0 saturated carbocycles. The summed E-state index contributed by atoms with van der Waals surface area (Å²) in [7, 11) is -19.8. The van der Waals surface area contributed by atoms with Crippen molar-refractivity contribution < 1.29 is 208 Å². The number of rotatable bonds is 0. The van der Waals surface area contributed by atoms with E-state index in [4.69, 9.17) is 74.5 Å². The van der Waals surface area contributed by atoms with E-state index in [1.165, 1.54) is 0 Å². The average Bonchev–Trinajstić information content (AvgIpc) is 0.839. The van der Waals surface area contributed by atoms with Crippen LogP contribution < -0.4 is 74.5 Å². The molecule has 0 aliphatic carbocycles. The molecule has 0 aliphatic heterocycles. The van der Waals surface area contributed by atoms with Gasteiger partial charge in [-0.1, -0.05) is 146 Å². The largest absolute Gasteiger partial charge is 2.00 e. The monoisotopic (exact) mass is 1830 g/mol. The van der Waals surface area contributed by atoms with Gasteiger partial charge >= 0.3 is 54.6 Å². The van der Waals surface area contributed by atoms with Gasteiger partial charge in [-0.15, -0.1) is 41.0 Å². The first-order chi connectivity index (χ1) is 49.7. The summed E-state index contributed by atoms with van der Waals surface area (Å²) in [6, 6.07) is 72.8. The van der Waals surface area contributed by atoms with E-state index in [1.54, 1.807) is 74.4 Å². The van der Waals surface area contributed by atoms with Gasteiger partial charge in [-0.3, -0.25) is 59.8 Å².